The lowest BCUT2D eigenvalue weighted by Crippen LogP contribution is -2.36. The first-order valence-electron chi connectivity index (χ1n) is 7.98. The number of carbonyl (C=O) groups is 1. The van der Waals surface area contributed by atoms with Crippen LogP contribution in [-0.4, -0.2) is 48.2 Å². The number of carbonyl (C=O) groups excluding carboxylic acids is 1. The summed E-state index contributed by atoms with van der Waals surface area (Å²) in [6.07, 6.45) is 0.879. The Balaban J connectivity index is 1.82. The maximum atomic E-state index is 12.1. The smallest absolute Gasteiger partial charge is 0.410 e. The molecule has 1 fully saturated rings. The van der Waals surface area contributed by atoms with Gasteiger partial charge in [-0.05, 0) is 58.5 Å². The molecule has 0 bridgehead atoms. The van der Waals surface area contributed by atoms with Crippen LogP contribution >= 0.6 is 11.3 Å². The fourth-order valence-corrected chi connectivity index (χ4v) is 3.63. The van der Waals surface area contributed by atoms with Crippen molar-refractivity contribution in [2.75, 3.05) is 26.7 Å². The summed E-state index contributed by atoms with van der Waals surface area (Å²) >= 11 is 1.80. The highest BCUT2D eigenvalue weighted by Crippen LogP contribution is 2.26. The Morgan fingerprint density at radius 1 is 1.55 bits per heavy atom. The molecule has 1 aliphatic heterocycles. The van der Waals surface area contributed by atoms with Gasteiger partial charge in [0.1, 0.15) is 5.60 Å². The quantitative estimate of drug-likeness (QED) is 0.839. The standard InChI is InChI=1S/C17H28N2O2S/c1-13(15-7-6-10-22-15)18(5)11-14-8-9-19(12-14)16(20)21-17(2,3)4/h6-7,10,13-14H,8-9,11-12H2,1-5H3/t13-,14-/m0/s1. The van der Waals surface area contributed by atoms with Crippen LogP contribution in [0.3, 0.4) is 0 Å². The average Bonchev–Trinajstić information content (AvgIpc) is 3.06. The van der Waals surface area contributed by atoms with Crippen molar-refractivity contribution in [3.63, 3.8) is 0 Å². The van der Waals surface area contributed by atoms with E-state index in [0.29, 0.717) is 12.0 Å². The number of hydrogen-bond donors (Lipinski definition) is 0. The molecule has 1 aromatic heterocycles. The third-order valence-electron chi connectivity index (χ3n) is 4.10. The third-order valence-corrected chi connectivity index (χ3v) is 5.14. The second-order valence-electron chi connectivity index (χ2n) is 7.21. The number of thiophene rings is 1. The summed E-state index contributed by atoms with van der Waals surface area (Å²) in [5.74, 6) is 0.528. The van der Waals surface area contributed by atoms with Crippen LogP contribution in [0.5, 0.6) is 0 Å². The largest absolute Gasteiger partial charge is 0.444 e. The zero-order valence-electron chi connectivity index (χ0n) is 14.3. The summed E-state index contributed by atoms with van der Waals surface area (Å²) in [5.41, 5.74) is -0.417. The summed E-state index contributed by atoms with van der Waals surface area (Å²) in [6.45, 7) is 10.6. The molecule has 4 nitrogen and oxygen atoms in total. The normalized spacial score (nSPS) is 20.5. The number of rotatable bonds is 4. The highest BCUT2D eigenvalue weighted by molar-refractivity contribution is 7.10. The van der Waals surface area contributed by atoms with Gasteiger partial charge in [-0.1, -0.05) is 6.07 Å². The van der Waals surface area contributed by atoms with Gasteiger partial charge in [-0.3, -0.25) is 4.90 Å². The summed E-state index contributed by atoms with van der Waals surface area (Å²) in [4.78, 5) is 17.7. The van der Waals surface area contributed by atoms with Gasteiger partial charge in [-0.2, -0.15) is 0 Å². The number of hydrogen-bond acceptors (Lipinski definition) is 4. The van der Waals surface area contributed by atoms with Gasteiger partial charge >= 0.3 is 6.09 Å². The third kappa shape index (κ3) is 4.71. The molecular formula is C17H28N2O2S. The minimum Gasteiger partial charge on any atom is -0.444 e. The SMILES string of the molecule is C[C@@H](c1cccs1)N(C)C[C@@H]1CCN(C(=O)OC(C)(C)C)C1. The molecule has 0 saturated carbocycles. The molecule has 1 aliphatic rings. The van der Waals surface area contributed by atoms with Gasteiger partial charge < -0.3 is 9.64 Å². The molecule has 2 heterocycles. The van der Waals surface area contributed by atoms with Gasteiger partial charge in [-0.25, -0.2) is 4.79 Å². The monoisotopic (exact) mass is 324 g/mol. The molecule has 0 aliphatic carbocycles. The fourth-order valence-electron chi connectivity index (χ4n) is 2.79. The first-order valence-corrected chi connectivity index (χ1v) is 8.86. The Morgan fingerprint density at radius 3 is 2.86 bits per heavy atom. The van der Waals surface area contributed by atoms with E-state index < -0.39 is 5.60 Å². The Morgan fingerprint density at radius 2 is 2.27 bits per heavy atom. The van der Waals surface area contributed by atoms with Crippen LogP contribution in [0.2, 0.25) is 0 Å². The van der Waals surface area contributed by atoms with Crippen molar-refractivity contribution in [2.45, 2.75) is 45.8 Å². The van der Waals surface area contributed by atoms with Crippen molar-refractivity contribution in [2.24, 2.45) is 5.92 Å². The van der Waals surface area contributed by atoms with Crippen LogP contribution in [0, 0.1) is 5.92 Å². The van der Waals surface area contributed by atoms with E-state index in [-0.39, 0.29) is 6.09 Å². The zero-order valence-corrected chi connectivity index (χ0v) is 15.2. The van der Waals surface area contributed by atoms with E-state index in [2.05, 4.69) is 36.4 Å². The van der Waals surface area contributed by atoms with E-state index in [1.165, 1.54) is 4.88 Å². The molecule has 2 atom stereocenters. The maximum Gasteiger partial charge on any atom is 0.410 e. The summed E-state index contributed by atoms with van der Waals surface area (Å²) in [6, 6.07) is 4.72. The van der Waals surface area contributed by atoms with E-state index >= 15 is 0 Å². The Kier molecular flexibility index (Phi) is 5.50. The van der Waals surface area contributed by atoms with Gasteiger partial charge in [0.2, 0.25) is 0 Å². The molecule has 1 amide bonds. The van der Waals surface area contributed by atoms with Crippen LogP contribution in [0.15, 0.2) is 17.5 Å². The molecule has 0 radical (unpaired) electrons. The van der Waals surface area contributed by atoms with Crippen molar-refractivity contribution in [3.05, 3.63) is 22.4 Å². The molecule has 22 heavy (non-hydrogen) atoms. The van der Waals surface area contributed by atoms with Gasteiger partial charge in [-0.15, -0.1) is 11.3 Å². The van der Waals surface area contributed by atoms with Crippen LogP contribution in [0.4, 0.5) is 4.79 Å². The molecule has 1 aromatic rings. The molecule has 0 unspecified atom stereocenters. The van der Waals surface area contributed by atoms with E-state index in [0.717, 1.165) is 26.1 Å². The molecular weight excluding hydrogens is 296 g/mol. The van der Waals surface area contributed by atoms with Gasteiger partial charge in [0.25, 0.3) is 0 Å². The van der Waals surface area contributed by atoms with Crippen LogP contribution in [0.25, 0.3) is 0 Å². The molecule has 2 rings (SSSR count). The zero-order chi connectivity index (χ0) is 16.3. The number of likely N-dealkylation sites (tertiary alicyclic amines) is 1. The second-order valence-corrected chi connectivity index (χ2v) is 8.19. The van der Waals surface area contributed by atoms with Gasteiger partial charge in [0.15, 0.2) is 0 Å². The lowest BCUT2D eigenvalue weighted by Gasteiger charge is -2.27. The van der Waals surface area contributed by atoms with Crippen LogP contribution < -0.4 is 0 Å². The van der Waals surface area contributed by atoms with Crippen molar-refractivity contribution in [1.29, 1.82) is 0 Å². The van der Waals surface area contributed by atoms with Crippen molar-refractivity contribution < 1.29 is 9.53 Å². The summed E-state index contributed by atoms with van der Waals surface area (Å²) in [5, 5.41) is 2.12. The minimum atomic E-state index is -0.417. The van der Waals surface area contributed by atoms with Crippen LogP contribution in [0.1, 0.15) is 45.0 Å². The first kappa shape index (κ1) is 17.3. The predicted octanol–water partition coefficient (Wildman–Crippen LogP) is 4.00. The van der Waals surface area contributed by atoms with Crippen molar-refractivity contribution >= 4 is 17.4 Å². The molecule has 0 aromatic carbocycles. The summed E-state index contributed by atoms with van der Waals surface area (Å²) in [7, 11) is 2.17. The van der Waals surface area contributed by atoms with Gasteiger partial charge in [0, 0.05) is 30.6 Å². The molecule has 0 spiro atoms. The molecule has 0 N–H and O–H groups in total. The second kappa shape index (κ2) is 7.01. The average molecular weight is 324 g/mol. The van der Waals surface area contributed by atoms with Crippen molar-refractivity contribution in [3.8, 4) is 0 Å². The Hall–Kier alpha value is -1.07. The lowest BCUT2D eigenvalue weighted by molar-refractivity contribution is 0.0285. The van der Waals surface area contributed by atoms with Crippen LogP contribution in [-0.2, 0) is 4.74 Å². The number of amides is 1. The van der Waals surface area contributed by atoms with Gasteiger partial charge in [0.05, 0.1) is 0 Å². The Labute approximate surface area is 138 Å². The highest BCUT2D eigenvalue weighted by atomic mass is 32.1. The van der Waals surface area contributed by atoms with Crippen molar-refractivity contribution in [1.82, 2.24) is 9.80 Å². The molecule has 124 valence electrons. The predicted molar refractivity (Wildman–Crippen MR) is 91.3 cm³/mol. The van der Waals surface area contributed by atoms with E-state index in [9.17, 15) is 4.79 Å². The Bertz CT molecular complexity index is 481. The number of nitrogens with zero attached hydrogens (tertiary/aromatic N) is 2. The first-order chi connectivity index (χ1) is 10.3. The molecule has 5 heteroatoms. The summed E-state index contributed by atoms with van der Waals surface area (Å²) < 4.78 is 5.46. The fraction of sp³-hybridized carbons (Fsp3) is 0.706. The van der Waals surface area contributed by atoms with E-state index in [4.69, 9.17) is 4.74 Å². The lowest BCUT2D eigenvalue weighted by atomic mass is 10.1. The van der Waals surface area contributed by atoms with E-state index in [1.807, 2.05) is 25.7 Å². The topological polar surface area (TPSA) is 32.8 Å². The highest BCUT2D eigenvalue weighted by Gasteiger charge is 2.30. The minimum absolute atomic E-state index is 0.177. The molecule has 1 saturated heterocycles. The number of ether oxygens (including phenoxy) is 1. The van der Waals surface area contributed by atoms with E-state index in [1.54, 1.807) is 11.3 Å². The maximum absolute atomic E-state index is 12.1.